The molecule has 27 heavy (non-hydrogen) atoms. The highest BCUT2D eigenvalue weighted by Gasteiger charge is 2.25. The average Bonchev–Trinajstić information content (AvgIpc) is 2.73. The number of anilines is 1. The van der Waals surface area contributed by atoms with Crippen LogP contribution in [0.3, 0.4) is 0 Å². The van der Waals surface area contributed by atoms with Gasteiger partial charge in [-0.15, -0.1) is 10.2 Å². The van der Waals surface area contributed by atoms with Gasteiger partial charge in [-0.3, -0.25) is 4.79 Å². The molecule has 1 aromatic heterocycles. The number of hydrogen-bond donors (Lipinski definition) is 0. The third-order valence-electron chi connectivity index (χ3n) is 4.45. The molecule has 8 heteroatoms. The maximum atomic E-state index is 12.9. The number of carbonyl (C=O) groups is 1. The van der Waals surface area contributed by atoms with Gasteiger partial charge in [0.15, 0.2) is 5.82 Å². The van der Waals surface area contributed by atoms with Crippen molar-refractivity contribution >= 4 is 11.7 Å². The van der Waals surface area contributed by atoms with Gasteiger partial charge in [-0.05, 0) is 25.1 Å². The fraction of sp³-hybridized carbons (Fsp3) is 0.421. The molecule has 1 amide bonds. The van der Waals surface area contributed by atoms with E-state index >= 15 is 0 Å². The number of piperazine rings is 1. The van der Waals surface area contributed by atoms with Crippen molar-refractivity contribution in [1.29, 1.82) is 0 Å². The van der Waals surface area contributed by atoms with Gasteiger partial charge in [0, 0.05) is 38.3 Å². The monoisotopic (exact) mass is 372 g/mol. The van der Waals surface area contributed by atoms with E-state index < -0.39 is 0 Å². The molecule has 0 spiro atoms. The van der Waals surface area contributed by atoms with Gasteiger partial charge in [-0.25, -0.2) is 0 Å². The quantitative estimate of drug-likeness (QED) is 0.766. The van der Waals surface area contributed by atoms with Crippen molar-refractivity contribution in [1.82, 2.24) is 15.1 Å². The number of amides is 1. The summed E-state index contributed by atoms with van der Waals surface area (Å²) in [6.07, 6.45) is 0. The number of nitrogens with zero attached hydrogens (tertiary/aromatic N) is 4. The number of ether oxygens (including phenoxy) is 3. The van der Waals surface area contributed by atoms with Crippen molar-refractivity contribution in [2.24, 2.45) is 0 Å². The number of carbonyl (C=O) groups excluding carboxylic acids is 1. The van der Waals surface area contributed by atoms with E-state index in [4.69, 9.17) is 14.2 Å². The average molecular weight is 372 g/mol. The molecule has 0 saturated carbocycles. The first-order valence-corrected chi connectivity index (χ1v) is 8.89. The molecule has 1 aliphatic heterocycles. The molecular weight excluding hydrogens is 348 g/mol. The van der Waals surface area contributed by atoms with Crippen molar-refractivity contribution < 1.29 is 19.0 Å². The van der Waals surface area contributed by atoms with Crippen molar-refractivity contribution in [3.05, 3.63) is 35.9 Å². The molecule has 1 fully saturated rings. The highest BCUT2D eigenvalue weighted by Crippen LogP contribution is 2.26. The van der Waals surface area contributed by atoms with Crippen molar-refractivity contribution in [3.8, 4) is 17.4 Å². The van der Waals surface area contributed by atoms with Crippen LogP contribution in [0.25, 0.3) is 0 Å². The molecule has 1 aromatic carbocycles. The molecule has 0 radical (unpaired) electrons. The Kier molecular flexibility index (Phi) is 5.95. The minimum Gasteiger partial charge on any atom is -0.497 e. The van der Waals surface area contributed by atoms with Crippen LogP contribution in [-0.2, 0) is 0 Å². The Morgan fingerprint density at radius 2 is 1.81 bits per heavy atom. The summed E-state index contributed by atoms with van der Waals surface area (Å²) in [5, 5.41) is 8.27. The zero-order valence-electron chi connectivity index (χ0n) is 15.8. The Morgan fingerprint density at radius 1 is 1.04 bits per heavy atom. The largest absolute Gasteiger partial charge is 0.497 e. The molecule has 144 valence electrons. The van der Waals surface area contributed by atoms with Gasteiger partial charge in [0.2, 0.25) is 5.88 Å². The first kappa shape index (κ1) is 18.8. The summed E-state index contributed by atoms with van der Waals surface area (Å²) in [6.45, 7) is 5.04. The predicted molar refractivity (Wildman–Crippen MR) is 101 cm³/mol. The Morgan fingerprint density at radius 3 is 2.41 bits per heavy atom. The summed E-state index contributed by atoms with van der Waals surface area (Å²) in [4.78, 5) is 16.8. The van der Waals surface area contributed by atoms with Gasteiger partial charge < -0.3 is 24.0 Å². The van der Waals surface area contributed by atoms with Crippen LogP contribution in [0.5, 0.6) is 17.4 Å². The van der Waals surface area contributed by atoms with Gasteiger partial charge in [0.1, 0.15) is 11.5 Å². The number of benzene rings is 1. The molecule has 0 unspecified atom stereocenters. The molecular formula is C19H24N4O4. The first-order chi connectivity index (χ1) is 13.2. The van der Waals surface area contributed by atoms with Crippen LogP contribution in [0.15, 0.2) is 30.3 Å². The van der Waals surface area contributed by atoms with E-state index in [2.05, 4.69) is 15.1 Å². The van der Waals surface area contributed by atoms with Gasteiger partial charge in [-0.1, -0.05) is 0 Å². The Hall–Kier alpha value is -3.03. The summed E-state index contributed by atoms with van der Waals surface area (Å²) in [7, 11) is 3.13. The summed E-state index contributed by atoms with van der Waals surface area (Å²) in [5.74, 6) is 2.42. The maximum absolute atomic E-state index is 12.9. The maximum Gasteiger partial charge on any atom is 0.257 e. The van der Waals surface area contributed by atoms with Crippen LogP contribution in [0.4, 0.5) is 5.82 Å². The second-order valence-electron chi connectivity index (χ2n) is 6.01. The van der Waals surface area contributed by atoms with Crippen molar-refractivity contribution in [2.75, 3.05) is 51.9 Å². The molecule has 8 nitrogen and oxygen atoms in total. The van der Waals surface area contributed by atoms with Crippen LogP contribution in [0.2, 0.25) is 0 Å². The van der Waals surface area contributed by atoms with Crippen LogP contribution in [-0.4, -0.2) is 68.0 Å². The van der Waals surface area contributed by atoms with Crippen molar-refractivity contribution in [2.45, 2.75) is 6.92 Å². The fourth-order valence-corrected chi connectivity index (χ4v) is 2.99. The van der Waals surface area contributed by atoms with Crippen LogP contribution in [0, 0.1) is 0 Å². The smallest absolute Gasteiger partial charge is 0.257 e. The third kappa shape index (κ3) is 4.21. The van der Waals surface area contributed by atoms with E-state index in [1.165, 1.54) is 0 Å². The second kappa shape index (κ2) is 8.57. The zero-order valence-corrected chi connectivity index (χ0v) is 15.8. The van der Waals surface area contributed by atoms with Gasteiger partial charge in [-0.2, -0.15) is 0 Å². The van der Waals surface area contributed by atoms with Gasteiger partial charge in [0.05, 0.1) is 26.4 Å². The molecule has 0 atom stereocenters. The Balaban J connectivity index is 1.64. The van der Waals surface area contributed by atoms with Crippen LogP contribution < -0.4 is 19.1 Å². The lowest BCUT2D eigenvalue weighted by molar-refractivity contribution is 0.0743. The number of hydrogen-bond acceptors (Lipinski definition) is 7. The van der Waals surface area contributed by atoms with E-state index in [0.717, 1.165) is 5.82 Å². The van der Waals surface area contributed by atoms with Gasteiger partial charge >= 0.3 is 0 Å². The second-order valence-corrected chi connectivity index (χ2v) is 6.01. The minimum atomic E-state index is -0.0491. The molecule has 1 saturated heterocycles. The molecule has 0 N–H and O–H groups in total. The molecule has 0 bridgehead atoms. The molecule has 0 aliphatic carbocycles. The Bertz CT molecular complexity index is 774. The Labute approximate surface area is 158 Å². The van der Waals surface area contributed by atoms with Crippen LogP contribution >= 0.6 is 0 Å². The first-order valence-electron chi connectivity index (χ1n) is 8.89. The predicted octanol–water partition coefficient (Wildman–Crippen LogP) is 1.85. The highest BCUT2D eigenvalue weighted by molar-refractivity contribution is 5.97. The number of rotatable bonds is 6. The number of methoxy groups -OCH3 is 2. The fourth-order valence-electron chi connectivity index (χ4n) is 2.99. The normalized spacial score (nSPS) is 14.0. The summed E-state index contributed by atoms with van der Waals surface area (Å²) in [5.41, 5.74) is 0.535. The summed E-state index contributed by atoms with van der Waals surface area (Å²) >= 11 is 0. The van der Waals surface area contributed by atoms with E-state index in [1.54, 1.807) is 32.4 Å². The lowest BCUT2D eigenvalue weighted by Crippen LogP contribution is -2.49. The highest BCUT2D eigenvalue weighted by atomic mass is 16.5. The van der Waals surface area contributed by atoms with Crippen molar-refractivity contribution in [3.63, 3.8) is 0 Å². The van der Waals surface area contributed by atoms with Crippen LogP contribution in [0.1, 0.15) is 17.3 Å². The summed E-state index contributed by atoms with van der Waals surface area (Å²) < 4.78 is 15.9. The third-order valence-corrected chi connectivity index (χ3v) is 4.45. The number of aromatic nitrogens is 2. The van der Waals surface area contributed by atoms with E-state index in [9.17, 15) is 4.79 Å². The molecule has 1 aliphatic rings. The zero-order chi connectivity index (χ0) is 19.2. The van der Waals surface area contributed by atoms with Gasteiger partial charge in [0.25, 0.3) is 5.91 Å². The standard InChI is InChI=1S/C19H24N4O4/c1-4-27-18-8-7-17(20-21-18)22-9-11-23(12-10-22)19(24)15-6-5-14(25-2)13-16(15)26-3/h5-8,13H,4,9-12H2,1-3H3. The molecule has 3 rings (SSSR count). The van der Waals surface area contributed by atoms with E-state index in [0.29, 0.717) is 55.7 Å². The summed E-state index contributed by atoms with van der Waals surface area (Å²) in [6, 6.07) is 8.93. The minimum absolute atomic E-state index is 0.0491. The lowest BCUT2D eigenvalue weighted by atomic mass is 10.1. The SMILES string of the molecule is CCOc1ccc(N2CCN(C(=O)c3ccc(OC)cc3OC)CC2)nn1. The lowest BCUT2D eigenvalue weighted by Gasteiger charge is -2.35. The molecule has 2 heterocycles. The van der Waals surface area contributed by atoms with E-state index in [-0.39, 0.29) is 5.91 Å². The van der Waals surface area contributed by atoms with E-state index in [1.807, 2.05) is 24.0 Å². The molecule has 2 aromatic rings. The topological polar surface area (TPSA) is 77.0 Å².